The second-order valence-electron chi connectivity index (χ2n) is 6.37. The Kier molecular flexibility index (Phi) is 10.1. The molecule has 0 aromatic carbocycles. The lowest BCUT2D eigenvalue weighted by Crippen LogP contribution is -2.40. The van der Waals surface area contributed by atoms with Gasteiger partial charge in [0.1, 0.15) is 0 Å². The van der Waals surface area contributed by atoms with Crippen molar-refractivity contribution in [2.24, 2.45) is 10.9 Å². The van der Waals surface area contributed by atoms with Gasteiger partial charge in [-0.25, -0.2) is 0 Å². The van der Waals surface area contributed by atoms with Gasteiger partial charge in [-0.15, -0.1) is 24.0 Å². The average molecular weight is 450 g/mol. The predicted molar refractivity (Wildman–Crippen MR) is 112 cm³/mol. The van der Waals surface area contributed by atoms with Crippen LogP contribution in [0.4, 0.5) is 0 Å². The smallest absolute Gasteiger partial charge is 0.190 e. The third-order valence-electron chi connectivity index (χ3n) is 4.59. The molecule has 1 aromatic heterocycles. The van der Waals surface area contributed by atoms with E-state index in [1.165, 1.54) is 37.9 Å². The van der Waals surface area contributed by atoms with Crippen LogP contribution >= 0.6 is 35.3 Å². The molecule has 2 N–H and O–H groups in total. The van der Waals surface area contributed by atoms with Gasteiger partial charge in [-0.2, -0.15) is 11.3 Å². The molecule has 1 fully saturated rings. The predicted octanol–water partition coefficient (Wildman–Crippen LogP) is 3.37. The standard InChI is InChI=1S/C17H30N4S.HI/c1-14(16-7-11-22-13-16)12-20-17(18-2)19-8-4-15-5-9-21(3)10-6-15;/h7,11,13-15H,4-6,8-10,12H2,1-3H3,(H2,18,19,20);1H. The molecular formula is C17H31IN4S. The SMILES string of the molecule is CN=C(NCCC1CCN(C)CC1)NCC(C)c1ccsc1.I. The molecule has 1 saturated heterocycles. The van der Waals surface area contributed by atoms with Gasteiger partial charge in [-0.05, 0) is 73.6 Å². The van der Waals surface area contributed by atoms with E-state index in [1.54, 1.807) is 11.3 Å². The maximum Gasteiger partial charge on any atom is 0.190 e. The fourth-order valence-corrected chi connectivity index (χ4v) is 3.67. The van der Waals surface area contributed by atoms with Gasteiger partial charge >= 0.3 is 0 Å². The van der Waals surface area contributed by atoms with Crippen molar-refractivity contribution in [3.63, 3.8) is 0 Å². The Hall–Kier alpha value is -0.340. The zero-order valence-electron chi connectivity index (χ0n) is 14.5. The first kappa shape index (κ1) is 20.7. The topological polar surface area (TPSA) is 39.7 Å². The summed E-state index contributed by atoms with van der Waals surface area (Å²) in [7, 11) is 4.06. The van der Waals surface area contributed by atoms with Crippen LogP contribution in [0, 0.1) is 5.92 Å². The van der Waals surface area contributed by atoms with Crippen molar-refractivity contribution >= 4 is 41.3 Å². The first-order chi connectivity index (χ1) is 10.7. The lowest BCUT2D eigenvalue weighted by molar-refractivity contribution is 0.213. The maximum absolute atomic E-state index is 4.32. The molecular weight excluding hydrogens is 419 g/mol. The fraction of sp³-hybridized carbons (Fsp3) is 0.706. The molecule has 0 spiro atoms. The van der Waals surface area contributed by atoms with E-state index in [1.807, 2.05) is 7.05 Å². The molecule has 2 rings (SSSR count). The zero-order valence-corrected chi connectivity index (χ0v) is 17.7. The van der Waals surface area contributed by atoms with Gasteiger partial charge in [0.15, 0.2) is 5.96 Å². The molecule has 4 nitrogen and oxygen atoms in total. The van der Waals surface area contributed by atoms with Gasteiger partial charge in [-0.1, -0.05) is 6.92 Å². The monoisotopic (exact) mass is 450 g/mol. The Labute approximate surface area is 162 Å². The second-order valence-corrected chi connectivity index (χ2v) is 7.15. The quantitative estimate of drug-likeness (QED) is 0.397. The fourth-order valence-electron chi connectivity index (χ4n) is 2.89. The minimum atomic E-state index is 0. The van der Waals surface area contributed by atoms with E-state index in [-0.39, 0.29) is 24.0 Å². The minimum Gasteiger partial charge on any atom is -0.356 e. The van der Waals surface area contributed by atoms with Crippen LogP contribution in [0.5, 0.6) is 0 Å². The van der Waals surface area contributed by atoms with E-state index >= 15 is 0 Å². The summed E-state index contributed by atoms with van der Waals surface area (Å²) in [5.74, 6) is 2.31. The van der Waals surface area contributed by atoms with E-state index in [4.69, 9.17) is 0 Å². The van der Waals surface area contributed by atoms with E-state index in [9.17, 15) is 0 Å². The number of likely N-dealkylation sites (tertiary alicyclic amines) is 1. The molecule has 2 heterocycles. The number of rotatable bonds is 6. The largest absolute Gasteiger partial charge is 0.356 e. The van der Waals surface area contributed by atoms with Crippen molar-refractivity contribution in [3.8, 4) is 0 Å². The number of hydrogen-bond donors (Lipinski definition) is 2. The summed E-state index contributed by atoms with van der Waals surface area (Å²) in [6.07, 6.45) is 3.91. The Morgan fingerprint density at radius 2 is 2.13 bits per heavy atom. The number of halogens is 1. The van der Waals surface area contributed by atoms with E-state index < -0.39 is 0 Å². The number of hydrogen-bond acceptors (Lipinski definition) is 3. The van der Waals surface area contributed by atoms with Crippen molar-refractivity contribution in [2.45, 2.75) is 32.1 Å². The Balaban J connectivity index is 0.00000264. The number of nitrogens with zero attached hydrogens (tertiary/aromatic N) is 2. The molecule has 0 saturated carbocycles. The van der Waals surface area contributed by atoms with Crippen molar-refractivity contribution in [1.82, 2.24) is 15.5 Å². The number of piperidine rings is 1. The summed E-state index contributed by atoms with van der Waals surface area (Å²) in [5, 5.41) is 11.3. The van der Waals surface area contributed by atoms with E-state index in [0.717, 1.165) is 25.0 Å². The van der Waals surface area contributed by atoms with Crippen LogP contribution in [0.3, 0.4) is 0 Å². The van der Waals surface area contributed by atoms with Crippen LogP contribution in [0.2, 0.25) is 0 Å². The molecule has 1 aliphatic rings. The summed E-state index contributed by atoms with van der Waals surface area (Å²) in [6.45, 7) is 6.68. The maximum atomic E-state index is 4.32. The normalized spacial score (nSPS) is 18.3. The van der Waals surface area contributed by atoms with Crippen LogP contribution in [0.25, 0.3) is 0 Å². The molecule has 1 atom stereocenters. The van der Waals surface area contributed by atoms with Crippen molar-refractivity contribution in [1.29, 1.82) is 0 Å². The minimum absolute atomic E-state index is 0. The molecule has 6 heteroatoms. The van der Waals surface area contributed by atoms with E-state index in [2.05, 4.69) is 51.3 Å². The lowest BCUT2D eigenvalue weighted by atomic mass is 9.94. The molecule has 0 amide bonds. The van der Waals surface area contributed by atoms with Gasteiger partial charge in [0.2, 0.25) is 0 Å². The molecule has 23 heavy (non-hydrogen) atoms. The molecule has 0 aliphatic carbocycles. The van der Waals surface area contributed by atoms with Crippen LogP contribution in [0.1, 0.15) is 37.7 Å². The van der Waals surface area contributed by atoms with Crippen LogP contribution in [-0.2, 0) is 0 Å². The highest BCUT2D eigenvalue weighted by Crippen LogP contribution is 2.19. The Morgan fingerprint density at radius 3 is 2.74 bits per heavy atom. The molecule has 1 unspecified atom stereocenters. The number of aliphatic imine (C=N–C) groups is 1. The van der Waals surface area contributed by atoms with Crippen LogP contribution in [-0.4, -0.2) is 51.1 Å². The first-order valence-corrected chi connectivity index (χ1v) is 9.28. The lowest BCUT2D eigenvalue weighted by Gasteiger charge is -2.29. The number of guanidine groups is 1. The zero-order chi connectivity index (χ0) is 15.8. The second kappa shape index (κ2) is 11.3. The van der Waals surface area contributed by atoms with Gasteiger partial charge in [0.05, 0.1) is 0 Å². The van der Waals surface area contributed by atoms with Gasteiger partial charge in [-0.3, -0.25) is 4.99 Å². The van der Waals surface area contributed by atoms with Gasteiger partial charge in [0, 0.05) is 20.1 Å². The van der Waals surface area contributed by atoms with Gasteiger partial charge < -0.3 is 15.5 Å². The number of thiophene rings is 1. The summed E-state index contributed by atoms with van der Waals surface area (Å²) in [4.78, 5) is 6.75. The highest BCUT2D eigenvalue weighted by atomic mass is 127. The third kappa shape index (κ3) is 7.39. The van der Waals surface area contributed by atoms with Crippen LogP contribution < -0.4 is 10.6 Å². The summed E-state index contributed by atoms with van der Waals surface area (Å²) < 4.78 is 0. The molecule has 1 aliphatic heterocycles. The molecule has 1 aromatic rings. The molecule has 132 valence electrons. The number of nitrogens with one attached hydrogen (secondary N) is 2. The Bertz CT molecular complexity index is 441. The van der Waals surface area contributed by atoms with E-state index in [0.29, 0.717) is 5.92 Å². The van der Waals surface area contributed by atoms with Gasteiger partial charge in [0.25, 0.3) is 0 Å². The molecule has 0 bridgehead atoms. The van der Waals surface area contributed by atoms with Crippen molar-refractivity contribution < 1.29 is 0 Å². The average Bonchev–Trinajstić information content (AvgIpc) is 3.06. The molecule has 0 radical (unpaired) electrons. The summed E-state index contributed by atoms with van der Waals surface area (Å²) in [5.41, 5.74) is 1.40. The first-order valence-electron chi connectivity index (χ1n) is 8.34. The highest BCUT2D eigenvalue weighted by molar-refractivity contribution is 14.0. The summed E-state index contributed by atoms with van der Waals surface area (Å²) >= 11 is 1.76. The van der Waals surface area contributed by atoms with Crippen molar-refractivity contribution in [3.05, 3.63) is 22.4 Å². The van der Waals surface area contributed by atoms with Crippen molar-refractivity contribution in [2.75, 3.05) is 40.3 Å². The third-order valence-corrected chi connectivity index (χ3v) is 5.30. The van der Waals surface area contributed by atoms with Crippen LogP contribution in [0.15, 0.2) is 21.8 Å². The Morgan fingerprint density at radius 1 is 1.39 bits per heavy atom. The summed E-state index contributed by atoms with van der Waals surface area (Å²) in [6, 6.07) is 2.20. The highest BCUT2D eigenvalue weighted by Gasteiger charge is 2.16.